The second-order valence-electron chi connectivity index (χ2n) is 9.83. The van der Waals surface area contributed by atoms with Crippen LogP contribution in [0, 0.1) is 0 Å². The first kappa shape index (κ1) is 35.6. The van der Waals surface area contributed by atoms with E-state index >= 15 is 0 Å². The van der Waals surface area contributed by atoms with Gasteiger partial charge in [-0.3, -0.25) is 0 Å². The molecule has 0 rings (SSSR count). The summed E-state index contributed by atoms with van der Waals surface area (Å²) in [4.78, 5) is 6.30. The van der Waals surface area contributed by atoms with Gasteiger partial charge in [-0.15, -0.1) is 0 Å². The minimum absolute atomic E-state index is 0.298. The van der Waals surface area contributed by atoms with Crippen molar-refractivity contribution in [1.29, 1.82) is 0 Å². The number of hydrogen-bond acceptors (Lipinski definition) is 6. The summed E-state index contributed by atoms with van der Waals surface area (Å²) in [6.45, 7) is 22.5. The van der Waals surface area contributed by atoms with Crippen LogP contribution in [0.5, 0.6) is 0 Å². The van der Waals surface area contributed by atoms with Gasteiger partial charge < -0.3 is 0 Å². The summed E-state index contributed by atoms with van der Waals surface area (Å²) in [7, 11) is -4.46. The maximum absolute atomic E-state index is 6.49. The van der Waals surface area contributed by atoms with E-state index in [1.165, 1.54) is 0 Å². The molecule has 1 unspecified atom stereocenters. The summed E-state index contributed by atoms with van der Waals surface area (Å²) in [5, 5.41) is 2.22. The Bertz CT molecular complexity index is 457. The van der Waals surface area contributed by atoms with Gasteiger partial charge in [-0.25, -0.2) is 0 Å². The number of hydrogen-bond donors (Lipinski definition) is 0. The Hall–Kier alpha value is 0.620. The maximum atomic E-state index is 6.49. The van der Waals surface area contributed by atoms with Crippen molar-refractivity contribution in [3.05, 3.63) is 0 Å². The zero-order chi connectivity index (χ0) is 26.4. The molecule has 0 aliphatic heterocycles. The minimum atomic E-state index is -2.26. The van der Waals surface area contributed by atoms with E-state index in [2.05, 4.69) is 60.5 Å². The molecule has 8 heteroatoms. The summed E-state index contributed by atoms with van der Waals surface area (Å²) < 4.78 is 26.0. The average Bonchev–Trinajstić information content (AvgIpc) is 2.87. The quantitative estimate of drug-likeness (QED) is 0.0812. The van der Waals surface area contributed by atoms with Gasteiger partial charge in [0.15, 0.2) is 0 Å². The standard InChI is InChI=1S/C27H63NO5P2/c1-9-18-29-28(17-26-35(24-15-7,32-21-12-4)33-22-13-5)27(8)16-25-34(23-14-6,30-19-10-2)31-20-11-3/h27,34-35H,9-26H2,1-8H3. The summed E-state index contributed by atoms with van der Waals surface area (Å²) >= 11 is 0. The van der Waals surface area contributed by atoms with Crippen LogP contribution >= 0.6 is 15.4 Å². The van der Waals surface area contributed by atoms with Gasteiger partial charge in [0.2, 0.25) is 0 Å². The van der Waals surface area contributed by atoms with E-state index in [1.54, 1.807) is 0 Å². The first-order valence-electron chi connectivity index (χ1n) is 14.9. The second-order valence-corrected chi connectivity index (χ2v) is 16.6. The Morgan fingerprint density at radius 2 is 0.914 bits per heavy atom. The van der Waals surface area contributed by atoms with E-state index < -0.39 is 15.4 Å². The van der Waals surface area contributed by atoms with Crippen molar-refractivity contribution < 1.29 is 22.9 Å². The first-order chi connectivity index (χ1) is 16.9. The molecule has 0 radical (unpaired) electrons. The van der Waals surface area contributed by atoms with Gasteiger partial charge in [0.05, 0.1) is 0 Å². The van der Waals surface area contributed by atoms with Gasteiger partial charge in [-0.1, -0.05) is 0 Å². The summed E-state index contributed by atoms with van der Waals surface area (Å²) in [5.41, 5.74) is 0. The van der Waals surface area contributed by atoms with Crippen LogP contribution in [0.3, 0.4) is 0 Å². The summed E-state index contributed by atoms with van der Waals surface area (Å²) in [5.74, 6) is 0. The topological polar surface area (TPSA) is 49.4 Å². The van der Waals surface area contributed by atoms with Crippen molar-refractivity contribution in [3.8, 4) is 0 Å². The van der Waals surface area contributed by atoms with Gasteiger partial charge in [-0.2, -0.15) is 0 Å². The van der Waals surface area contributed by atoms with Crippen molar-refractivity contribution in [3.63, 3.8) is 0 Å². The fourth-order valence-electron chi connectivity index (χ4n) is 4.30. The molecule has 0 aromatic heterocycles. The molecule has 1 atom stereocenters. The van der Waals surface area contributed by atoms with E-state index in [4.69, 9.17) is 22.9 Å². The third-order valence-electron chi connectivity index (χ3n) is 6.15. The Labute approximate surface area is 220 Å². The van der Waals surface area contributed by atoms with Gasteiger partial charge in [0.1, 0.15) is 0 Å². The van der Waals surface area contributed by atoms with Crippen molar-refractivity contribution in [2.75, 3.05) is 64.2 Å². The van der Waals surface area contributed by atoms with Crippen molar-refractivity contribution in [1.82, 2.24) is 5.06 Å². The Morgan fingerprint density at radius 1 is 0.514 bits per heavy atom. The third-order valence-corrected chi connectivity index (χ3v) is 13.6. The second kappa shape index (κ2) is 22.6. The predicted molar refractivity (Wildman–Crippen MR) is 159 cm³/mol. The molecule has 35 heavy (non-hydrogen) atoms. The van der Waals surface area contributed by atoms with Gasteiger partial charge in [0, 0.05) is 0 Å². The van der Waals surface area contributed by atoms with Crippen LogP contribution in [-0.2, 0) is 22.9 Å². The predicted octanol–water partition coefficient (Wildman–Crippen LogP) is 8.09. The normalized spacial score (nSPS) is 14.5. The van der Waals surface area contributed by atoms with E-state index in [-0.39, 0.29) is 0 Å². The first-order valence-corrected chi connectivity index (χ1v) is 19.3. The van der Waals surface area contributed by atoms with E-state index in [0.29, 0.717) is 6.04 Å². The molecule has 0 fully saturated rings. The van der Waals surface area contributed by atoms with E-state index in [0.717, 1.165) is 116 Å². The van der Waals surface area contributed by atoms with Crippen LogP contribution < -0.4 is 0 Å². The van der Waals surface area contributed by atoms with Crippen molar-refractivity contribution in [2.45, 2.75) is 113 Å². The zero-order valence-corrected chi connectivity index (χ0v) is 26.8. The fourth-order valence-corrected chi connectivity index (χ4v) is 11.4. The third kappa shape index (κ3) is 15.6. The molecule has 0 heterocycles. The average molecular weight is 544 g/mol. The molecule has 0 N–H and O–H groups in total. The van der Waals surface area contributed by atoms with E-state index in [9.17, 15) is 0 Å². The molecule has 6 nitrogen and oxygen atoms in total. The molecule has 0 aromatic rings. The molecule has 0 saturated carbocycles. The molecule has 0 aliphatic carbocycles. The molecule has 0 amide bonds. The SMILES string of the molecule is CCCON(CC[PH](CCC)(OCCC)OCCC)C(C)CC[PH](CCC)(OCCC)OCCC. The molecule has 0 saturated heterocycles. The van der Waals surface area contributed by atoms with Crippen LogP contribution in [0.25, 0.3) is 0 Å². The zero-order valence-electron chi connectivity index (χ0n) is 24.8. The molecule has 0 aliphatic rings. The van der Waals surface area contributed by atoms with Crippen LogP contribution in [0.15, 0.2) is 0 Å². The van der Waals surface area contributed by atoms with Crippen molar-refractivity contribution >= 4 is 15.4 Å². The fraction of sp³-hybridized carbons (Fsp3) is 1.00. The van der Waals surface area contributed by atoms with Gasteiger partial charge in [0.25, 0.3) is 0 Å². The van der Waals surface area contributed by atoms with Crippen LogP contribution in [0.1, 0.15) is 107 Å². The number of hydroxylamine groups is 2. The number of nitrogens with zero attached hydrogens (tertiary/aromatic N) is 1. The Morgan fingerprint density at radius 3 is 1.29 bits per heavy atom. The van der Waals surface area contributed by atoms with Crippen LogP contribution in [0.2, 0.25) is 0 Å². The van der Waals surface area contributed by atoms with Crippen LogP contribution in [0.4, 0.5) is 0 Å². The monoisotopic (exact) mass is 543 g/mol. The van der Waals surface area contributed by atoms with Crippen molar-refractivity contribution in [2.24, 2.45) is 0 Å². The number of rotatable bonds is 26. The van der Waals surface area contributed by atoms with E-state index in [1.807, 2.05) is 0 Å². The van der Waals surface area contributed by atoms with Gasteiger partial charge in [-0.05, 0) is 0 Å². The molecular formula is C27H63NO5P2. The summed E-state index contributed by atoms with van der Waals surface area (Å²) in [6.07, 6.45) is 12.4. The molecule has 216 valence electrons. The Balaban J connectivity index is 5.44. The molecular weight excluding hydrogens is 480 g/mol. The molecule has 0 spiro atoms. The molecule has 0 aromatic carbocycles. The Kier molecular flexibility index (Phi) is 23.0. The van der Waals surface area contributed by atoms with Crippen LogP contribution in [-0.4, -0.2) is 75.3 Å². The molecule has 0 bridgehead atoms. The van der Waals surface area contributed by atoms with Gasteiger partial charge >= 0.3 is 220 Å². The summed E-state index contributed by atoms with van der Waals surface area (Å²) in [6, 6.07) is 0.298.